The minimum atomic E-state index is -0.925. The summed E-state index contributed by atoms with van der Waals surface area (Å²) in [5, 5.41) is 21.7. The van der Waals surface area contributed by atoms with E-state index >= 15 is 0 Å². The van der Waals surface area contributed by atoms with Gasteiger partial charge in [-0.25, -0.2) is 4.98 Å². The van der Waals surface area contributed by atoms with Crippen LogP contribution in [-0.2, 0) is 9.59 Å². The van der Waals surface area contributed by atoms with Crippen molar-refractivity contribution in [3.8, 4) is 6.07 Å². The first kappa shape index (κ1) is 22.3. The summed E-state index contributed by atoms with van der Waals surface area (Å²) in [7, 11) is 0. The third-order valence-electron chi connectivity index (χ3n) is 4.54. The zero-order valence-corrected chi connectivity index (χ0v) is 17.8. The van der Waals surface area contributed by atoms with Crippen LogP contribution in [-0.4, -0.2) is 22.0 Å². The van der Waals surface area contributed by atoms with E-state index in [9.17, 15) is 20.0 Å². The molecule has 0 saturated heterocycles. The van der Waals surface area contributed by atoms with Crippen LogP contribution in [0.5, 0.6) is 0 Å². The lowest BCUT2D eigenvalue weighted by molar-refractivity contribution is -0.147. The number of nitrogens with one attached hydrogen (secondary N) is 1. The van der Waals surface area contributed by atoms with E-state index < -0.39 is 23.3 Å². The quantitative estimate of drug-likeness (QED) is 0.346. The van der Waals surface area contributed by atoms with Gasteiger partial charge in [-0.3, -0.25) is 9.59 Å². The minimum Gasteiger partial charge on any atom is -0.481 e. The topological polar surface area (TPSA) is 103 Å². The highest BCUT2D eigenvalue weighted by Crippen LogP contribution is 2.28. The predicted octanol–water partition coefficient (Wildman–Crippen LogP) is 4.50. The molecule has 0 aliphatic heterocycles. The molecule has 0 bridgehead atoms. The molecule has 1 aromatic heterocycles. The molecule has 0 radical (unpaired) electrons. The predicted molar refractivity (Wildman–Crippen MR) is 114 cm³/mol. The number of nitriles is 1. The zero-order chi connectivity index (χ0) is 21.4. The molecule has 2 aromatic rings. The molecule has 1 amide bonds. The SMILES string of the molecule is CC(C)(CC[C@@H](NC(=O)/C(C#N)=C/c1cccc(Br)n1)c1ccccc1)C(=O)O. The first-order chi connectivity index (χ1) is 13.7. The molecule has 0 saturated carbocycles. The molecule has 1 aromatic carbocycles. The first-order valence-corrected chi connectivity index (χ1v) is 9.86. The van der Waals surface area contributed by atoms with Crippen LogP contribution in [0.25, 0.3) is 6.08 Å². The molecule has 0 aliphatic carbocycles. The van der Waals surface area contributed by atoms with E-state index in [1.165, 1.54) is 6.08 Å². The summed E-state index contributed by atoms with van der Waals surface area (Å²) in [5.74, 6) is -1.43. The third-order valence-corrected chi connectivity index (χ3v) is 4.98. The normalized spacial score (nSPS) is 12.7. The van der Waals surface area contributed by atoms with Gasteiger partial charge >= 0.3 is 5.97 Å². The van der Waals surface area contributed by atoms with Crippen molar-refractivity contribution in [2.45, 2.75) is 32.7 Å². The smallest absolute Gasteiger partial charge is 0.309 e. The highest BCUT2D eigenvalue weighted by atomic mass is 79.9. The molecule has 7 heteroatoms. The van der Waals surface area contributed by atoms with Gasteiger partial charge in [0.2, 0.25) is 0 Å². The standard InChI is InChI=1S/C22H22BrN3O3/c1-22(2,21(28)29)12-11-18(15-7-4-3-5-8-15)26-20(27)16(14-24)13-17-9-6-10-19(23)25-17/h3-10,13,18H,11-12H2,1-2H3,(H,26,27)(H,28,29)/b16-13+/t18-/m1/s1. The maximum atomic E-state index is 12.7. The van der Waals surface area contributed by atoms with Gasteiger partial charge in [0.1, 0.15) is 16.2 Å². The van der Waals surface area contributed by atoms with Crippen molar-refractivity contribution in [3.05, 3.63) is 70.0 Å². The molecule has 29 heavy (non-hydrogen) atoms. The van der Waals surface area contributed by atoms with E-state index in [0.717, 1.165) is 5.56 Å². The van der Waals surface area contributed by atoms with Crippen LogP contribution in [0.1, 0.15) is 44.0 Å². The molecule has 150 valence electrons. The Balaban J connectivity index is 2.24. The van der Waals surface area contributed by atoms with Crippen molar-refractivity contribution in [3.63, 3.8) is 0 Å². The van der Waals surface area contributed by atoms with Crippen LogP contribution in [0.2, 0.25) is 0 Å². The number of amides is 1. The Bertz CT molecular complexity index is 949. The second kappa shape index (κ2) is 9.99. The average Bonchev–Trinajstić information content (AvgIpc) is 2.69. The van der Waals surface area contributed by atoms with Gasteiger partial charge in [-0.15, -0.1) is 0 Å². The lowest BCUT2D eigenvalue weighted by Crippen LogP contribution is -2.32. The van der Waals surface area contributed by atoms with E-state index in [0.29, 0.717) is 23.1 Å². The number of carbonyl (C=O) groups excluding carboxylic acids is 1. The molecule has 6 nitrogen and oxygen atoms in total. The number of aliphatic carboxylic acids is 1. The molecule has 2 rings (SSSR count). The fourth-order valence-corrected chi connectivity index (χ4v) is 3.01. The Kier molecular flexibility index (Phi) is 7.68. The molecule has 2 N–H and O–H groups in total. The van der Waals surface area contributed by atoms with Crippen molar-refractivity contribution in [2.24, 2.45) is 5.41 Å². The number of carbonyl (C=O) groups is 2. The number of hydrogen-bond donors (Lipinski definition) is 2. The molecular formula is C22H22BrN3O3. The van der Waals surface area contributed by atoms with Gasteiger partial charge in [-0.1, -0.05) is 36.4 Å². The number of carboxylic acids is 1. The van der Waals surface area contributed by atoms with Crippen molar-refractivity contribution < 1.29 is 14.7 Å². The van der Waals surface area contributed by atoms with Gasteiger partial charge in [-0.2, -0.15) is 5.26 Å². The summed E-state index contributed by atoms with van der Waals surface area (Å²) < 4.78 is 0.599. The minimum absolute atomic E-state index is 0.0750. The van der Waals surface area contributed by atoms with Crippen LogP contribution in [0.4, 0.5) is 0 Å². The number of halogens is 1. The monoisotopic (exact) mass is 455 g/mol. The highest BCUT2D eigenvalue weighted by molar-refractivity contribution is 9.10. The van der Waals surface area contributed by atoms with Gasteiger partial charge in [0, 0.05) is 0 Å². The summed E-state index contributed by atoms with van der Waals surface area (Å²) in [6, 6.07) is 16.0. The number of rotatable bonds is 8. The van der Waals surface area contributed by atoms with Crippen LogP contribution in [0.3, 0.4) is 0 Å². The fraction of sp³-hybridized carbons (Fsp3) is 0.273. The number of carboxylic acid groups (broad SMARTS) is 1. The summed E-state index contributed by atoms with van der Waals surface area (Å²) in [6.45, 7) is 3.30. The molecule has 1 atom stereocenters. The number of benzene rings is 1. The maximum Gasteiger partial charge on any atom is 0.309 e. The van der Waals surface area contributed by atoms with Gasteiger partial charge in [0.15, 0.2) is 0 Å². The molecule has 0 spiro atoms. The summed E-state index contributed by atoms with van der Waals surface area (Å²) >= 11 is 3.26. The fourth-order valence-electron chi connectivity index (χ4n) is 2.66. The molecule has 0 fully saturated rings. The van der Waals surface area contributed by atoms with Crippen LogP contribution in [0, 0.1) is 16.7 Å². The van der Waals surface area contributed by atoms with Gasteiger partial charge in [-0.05, 0) is 66.4 Å². The summed E-state index contributed by atoms with van der Waals surface area (Å²) in [4.78, 5) is 28.4. The van der Waals surface area contributed by atoms with Crippen LogP contribution in [0.15, 0.2) is 58.7 Å². The Morgan fingerprint density at radius 1 is 1.24 bits per heavy atom. The van der Waals surface area contributed by atoms with Crippen LogP contribution >= 0.6 is 15.9 Å². The van der Waals surface area contributed by atoms with Gasteiger partial charge in [0.05, 0.1) is 17.2 Å². The molecule has 0 aliphatic rings. The number of nitrogens with zero attached hydrogens (tertiary/aromatic N) is 2. The van der Waals surface area contributed by atoms with Crippen molar-refractivity contribution >= 4 is 33.9 Å². The second-order valence-corrected chi connectivity index (χ2v) is 8.03. The number of pyridine rings is 1. The summed E-state index contributed by atoms with van der Waals surface area (Å²) in [6.07, 6.45) is 2.20. The Morgan fingerprint density at radius 2 is 1.93 bits per heavy atom. The van der Waals surface area contributed by atoms with Crippen molar-refractivity contribution in [2.75, 3.05) is 0 Å². The van der Waals surface area contributed by atoms with E-state index in [2.05, 4.69) is 26.2 Å². The highest BCUT2D eigenvalue weighted by Gasteiger charge is 2.29. The number of hydrogen-bond acceptors (Lipinski definition) is 4. The lowest BCUT2D eigenvalue weighted by atomic mass is 9.85. The van der Waals surface area contributed by atoms with Gasteiger partial charge < -0.3 is 10.4 Å². The van der Waals surface area contributed by atoms with Crippen molar-refractivity contribution in [1.29, 1.82) is 5.26 Å². The third kappa shape index (κ3) is 6.54. The maximum absolute atomic E-state index is 12.7. The van der Waals surface area contributed by atoms with E-state index in [-0.39, 0.29) is 5.57 Å². The summed E-state index contributed by atoms with van der Waals surface area (Å²) in [5.41, 5.74) is 0.328. The lowest BCUT2D eigenvalue weighted by Gasteiger charge is -2.24. The van der Waals surface area contributed by atoms with Gasteiger partial charge in [0.25, 0.3) is 5.91 Å². The average molecular weight is 456 g/mol. The van der Waals surface area contributed by atoms with Crippen LogP contribution < -0.4 is 5.32 Å². The van der Waals surface area contributed by atoms with E-state index in [1.54, 1.807) is 32.0 Å². The first-order valence-electron chi connectivity index (χ1n) is 9.06. The molecule has 0 unspecified atom stereocenters. The number of aromatic nitrogens is 1. The molecule has 1 heterocycles. The largest absolute Gasteiger partial charge is 0.481 e. The Labute approximate surface area is 178 Å². The zero-order valence-electron chi connectivity index (χ0n) is 16.2. The van der Waals surface area contributed by atoms with Crippen molar-refractivity contribution in [1.82, 2.24) is 10.3 Å². The van der Waals surface area contributed by atoms with E-state index in [4.69, 9.17) is 0 Å². The molecular weight excluding hydrogens is 434 g/mol. The Hall–Kier alpha value is -2.98. The second-order valence-electron chi connectivity index (χ2n) is 7.22. The Morgan fingerprint density at radius 3 is 2.52 bits per heavy atom. The van der Waals surface area contributed by atoms with E-state index in [1.807, 2.05) is 36.4 Å².